The van der Waals surface area contributed by atoms with Gasteiger partial charge in [-0.25, -0.2) is 4.79 Å². The van der Waals surface area contributed by atoms with Crippen molar-refractivity contribution in [3.05, 3.63) is 41.7 Å². The number of urea groups is 1. The molecule has 2 aliphatic rings. The normalized spacial score (nSPS) is 29.4. The van der Waals surface area contributed by atoms with Crippen molar-refractivity contribution in [2.45, 2.75) is 30.6 Å². The molecule has 4 rings (SSSR count). The van der Waals surface area contributed by atoms with E-state index in [0.717, 1.165) is 0 Å². The number of anilines is 1. The van der Waals surface area contributed by atoms with Gasteiger partial charge in [0.05, 0.1) is 31.0 Å². The van der Waals surface area contributed by atoms with E-state index in [0.29, 0.717) is 16.5 Å². The predicted octanol–water partition coefficient (Wildman–Crippen LogP) is 1.39. The Morgan fingerprint density at radius 1 is 1.41 bits per heavy atom. The van der Waals surface area contributed by atoms with Crippen molar-refractivity contribution in [2.75, 3.05) is 19.0 Å². The van der Waals surface area contributed by atoms with Gasteiger partial charge in [-0.15, -0.1) is 0 Å². The number of hydrogen-bond acceptors (Lipinski definition) is 6. The van der Waals surface area contributed by atoms with E-state index in [-0.39, 0.29) is 6.61 Å². The zero-order chi connectivity index (χ0) is 19.0. The smallest absolute Gasteiger partial charge is 0.319 e. The Bertz CT molecular complexity index is 814. The monoisotopic (exact) mass is 394 g/mol. The zero-order valence-electron chi connectivity index (χ0n) is 14.4. The highest BCUT2D eigenvalue weighted by Gasteiger charge is 2.51. The van der Waals surface area contributed by atoms with Gasteiger partial charge in [-0.3, -0.25) is 4.68 Å². The number of rotatable bonds is 4. The third-order valence-electron chi connectivity index (χ3n) is 4.65. The molecule has 2 aliphatic heterocycles. The van der Waals surface area contributed by atoms with E-state index < -0.39 is 36.6 Å². The summed E-state index contributed by atoms with van der Waals surface area (Å²) in [7, 11) is 1.57. The summed E-state index contributed by atoms with van der Waals surface area (Å²) in [5.74, 6) is 0.687. The highest BCUT2D eigenvalue weighted by atomic mass is 35.5. The van der Waals surface area contributed by atoms with Crippen LogP contribution in [0.4, 0.5) is 10.5 Å². The Morgan fingerprint density at radius 3 is 2.85 bits per heavy atom. The number of halogens is 1. The van der Waals surface area contributed by atoms with Gasteiger partial charge in [0.25, 0.3) is 0 Å². The number of aliphatic hydroxyl groups excluding tert-OH is 1. The summed E-state index contributed by atoms with van der Waals surface area (Å²) < 4.78 is 18.0. The van der Waals surface area contributed by atoms with Gasteiger partial charge in [0.15, 0.2) is 6.29 Å². The van der Waals surface area contributed by atoms with Crippen molar-refractivity contribution < 1.29 is 24.1 Å². The molecule has 10 heteroatoms. The first-order chi connectivity index (χ1) is 13.0. The number of carbonyl (C=O) groups excluding carboxylic acids is 1. The van der Waals surface area contributed by atoms with Gasteiger partial charge in [0.1, 0.15) is 24.0 Å². The van der Waals surface area contributed by atoms with E-state index in [4.69, 9.17) is 25.8 Å². The van der Waals surface area contributed by atoms with Crippen molar-refractivity contribution in [3.8, 4) is 5.75 Å². The molecule has 0 aliphatic carbocycles. The minimum absolute atomic E-state index is 0.265. The topological polar surface area (TPSA) is 107 Å². The SMILES string of the molecule is COc1ccc(NC(=O)N[C@H]2[C@H](O)[C@@H](n3cc(Cl)cn3)[C@@H]3OC[C@H]2O3)cc1. The maximum Gasteiger partial charge on any atom is 0.319 e. The average Bonchev–Trinajstić information content (AvgIpc) is 3.27. The molecule has 2 fully saturated rings. The maximum atomic E-state index is 12.4. The molecule has 2 bridgehead atoms. The Kier molecular flexibility index (Phi) is 4.92. The van der Waals surface area contributed by atoms with Gasteiger partial charge in [-0.2, -0.15) is 5.10 Å². The molecule has 2 aromatic rings. The number of fused-ring (bicyclic) bond motifs is 2. The molecule has 1 aromatic heterocycles. The Hall–Kier alpha value is -2.33. The number of methoxy groups -OCH3 is 1. The largest absolute Gasteiger partial charge is 0.497 e. The van der Waals surface area contributed by atoms with Crippen LogP contribution in [-0.2, 0) is 9.47 Å². The molecule has 0 saturated carbocycles. The minimum atomic E-state index is -0.964. The van der Waals surface area contributed by atoms with Crippen LogP contribution in [0, 0.1) is 0 Å². The number of aliphatic hydroxyl groups is 1. The Labute approximate surface area is 160 Å². The summed E-state index contributed by atoms with van der Waals surface area (Å²) in [5, 5.41) is 20.9. The first kappa shape index (κ1) is 18.1. The fourth-order valence-corrected chi connectivity index (χ4v) is 3.48. The molecule has 3 N–H and O–H groups in total. The molecule has 5 atom stereocenters. The predicted molar refractivity (Wildman–Crippen MR) is 95.8 cm³/mol. The van der Waals surface area contributed by atoms with Gasteiger partial charge in [0.2, 0.25) is 0 Å². The van der Waals surface area contributed by atoms with Gasteiger partial charge < -0.3 is 30.0 Å². The lowest BCUT2D eigenvalue weighted by Crippen LogP contribution is -2.59. The maximum absolute atomic E-state index is 12.4. The number of nitrogens with zero attached hydrogens (tertiary/aromatic N) is 2. The van der Waals surface area contributed by atoms with E-state index in [1.807, 2.05) is 0 Å². The Balaban J connectivity index is 1.46. The molecule has 3 heterocycles. The van der Waals surface area contributed by atoms with Crippen LogP contribution < -0.4 is 15.4 Å². The second kappa shape index (κ2) is 7.35. The molecule has 2 saturated heterocycles. The van der Waals surface area contributed by atoms with Crippen LogP contribution in [0.25, 0.3) is 0 Å². The number of nitrogens with one attached hydrogen (secondary N) is 2. The summed E-state index contributed by atoms with van der Waals surface area (Å²) in [6, 6.07) is 5.15. The Morgan fingerprint density at radius 2 is 2.19 bits per heavy atom. The third-order valence-corrected chi connectivity index (χ3v) is 4.85. The quantitative estimate of drug-likeness (QED) is 0.723. The number of ether oxygens (including phenoxy) is 3. The van der Waals surface area contributed by atoms with Crippen LogP contribution in [0.15, 0.2) is 36.7 Å². The van der Waals surface area contributed by atoms with Crippen LogP contribution in [0.1, 0.15) is 6.04 Å². The molecule has 0 radical (unpaired) electrons. The summed E-state index contributed by atoms with van der Waals surface area (Å²) >= 11 is 5.93. The first-order valence-electron chi connectivity index (χ1n) is 8.41. The van der Waals surface area contributed by atoms with Gasteiger partial charge >= 0.3 is 6.03 Å². The van der Waals surface area contributed by atoms with Gasteiger partial charge in [-0.1, -0.05) is 11.6 Å². The number of carbonyl (C=O) groups is 1. The van der Waals surface area contributed by atoms with E-state index in [1.165, 1.54) is 10.9 Å². The van der Waals surface area contributed by atoms with Crippen molar-refractivity contribution in [2.24, 2.45) is 0 Å². The van der Waals surface area contributed by atoms with E-state index in [2.05, 4.69) is 15.7 Å². The molecule has 27 heavy (non-hydrogen) atoms. The zero-order valence-corrected chi connectivity index (χ0v) is 15.2. The van der Waals surface area contributed by atoms with Crippen LogP contribution in [0.2, 0.25) is 5.02 Å². The average molecular weight is 395 g/mol. The third kappa shape index (κ3) is 3.59. The van der Waals surface area contributed by atoms with E-state index in [1.54, 1.807) is 37.6 Å². The summed E-state index contributed by atoms with van der Waals surface area (Å²) in [6.07, 6.45) is 0.982. The first-order valence-corrected chi connectivity index (χ1v) is 8.79. The summed E-state index contributed by atoms with van der Waals surface area (Å²) in [5.41, 5.74) is 0.593. The van der Waals surface area contributed by atoms with Crippen molar-refractivity contribution in [1.82, 2.24) is 15.1 Å². The number of aromatic nitrogens is 2. The van der Waals surface area contributed by atoms with Gasteiger partial charge in [-0.05, 0) is 24.3 Å². The van der Waals surface area contributed by atoms with Crippen molar-refractivity contribution >= 4 is 23.3 Å². The minimum Gasteiger partial charge on any atom is -0.497 e. The number of benzene rings is 1. The van der Waals surface area contributed by atoms with Crippen LogP contribution in [-0.4, -0.2) is 59.2 Å². The standard InChI is InChI=1S/C17H19ClN4O5/c1-25-11-4-2-10(3-5-11)20-17(24)21-13-12-8-26-16(27-12)14(15(13)23)22-7-9(18)6-19-22/h2-7,12-16,23H,8H2,1H3,(H2,20,21,24)/t12-,13-,14-,15+,16-/m1/s1. The number of hydrogen-bond donors (Lipinski definition) is 3. The fourth-order valence-electron chi connectivity index (χ4n) is 3.33. The second-order valence-electron chi connectivity index (χ2n) is 6.35. The molecular formula is C17H19ClN4O5. The number of amides is 2. The van der Waals surface area contributed by atoms with Crippen LogP contribution in [0.5, 0.6) is 5.75 Å². The van der Waals surface area contributed by atoms with Crippen LogP contribution >= 0.6 is 11.6 Å². The fraction of sp³-hybridized carbons (Fsp3) is 0.412. The molecule has 2 amide bonds. The molecule has 0 spiro atoms. The molecule has 1 aromatic carbocycles. The van der Waals surface area contributed by atoms with Crippen molar-refractivity contribution in [1.29, 1.82) is 0 Å². The molecule has 9 nitrogen and oxygen atoms in total. The lowest BCUT2D eigenvalue weighted by atomic mass is 9.96. The van der Waals surface area contributed by atoms with Gasteiger partial charge in [0, 0.05) is 11.9 Å². The summed E-state index contributed by atoms with van der Waals surface area (Å²) in [4.78, 5) is 12.4. The second-order valence-corrected chi connectivity index (χ2v) is 6.79. The van der Waals surface area contributed by atoms with E-state index in [9.17, 15) is 9.90 Å². The lowest BCUT2D eigenvalue weighted by Gasteiger charge is -2.38. The van der Waals surface area contributed by atoms with E-state index >= 15 is 0 Å². The van der Waals surface area contributed by atoms with Crippen LogP contribution in [0.3, 0.4) is 0 Å². The highest BCUT2D eigenvalue weighted by molar-refractivity contribution is 6.30. The lowest BCUT2D eigenvalue weighted by molar-refractivity contribution is -0.166. The molecule has 0 unspecified atom stereocenters. The highest BCUT2D eigenvalue weighted by Crippen LogP contribution is 2.35. The molecular weight excluding hydrogens is 376 g/mol. The summed E-state index contributed by atoms with van der Waals surface area (Å²) in [6.45, 7) is 0.265. The van der Waals surface area contributed by atoms with Crippen molar-refractivity contribution in [3.63, 3.8) is 0 Å². The molecule has 144 valence electrons.